The molecule has 2 saturated heterocycles. The molecule has 0 bridgehead atoms. The third kappa shape index (κ3) is 8.03. The average molecular weight is 649 g/mol. The lowest BCUT2D eigenvalue weighted by atomic mass is 10.1. The summed E-state index contributed by atoms with van der Waals surface area (Å²) in [5.41, 5.74) is -0.665. The van der Waals surface area contributed by atoms with Gasteiger partial charge in [-0.15, -0.1) is 11.3 Å². The number of ether oxygens (including phenoxy) is 1. The number of carbonyl (C=O) groups is 2. The van der Waals surface area contributed by atoms with Crippen molar-refractivity contribution in [1.82, 2.24) is 24.8 Å². The van der Waals surface area contributed by atoms with E-state index in [1.807, 2.05) is 11.8 Å². The van der Waals surface area contributed by atoms with E-state index in [0.29, 0.717) is 60.6 Å². The monoisotopic (exact) mass is 648 g/mol. The highest BCUT2D eigenvalue weighted by atomic mass is 32.1. The van der Waals surface area contributed by atoms with Crippen molar-refractivity contribution in [2.45, 2.75) is 64.8 Å². The molecule has 2 atom stereocenters. The van der Waals surface area contributed by atoms with Gasteiger partial charge in [0, 0.05) is 48.7 Å². The van der Waals surface area contributed by atoms with Crippen molar-refractivity contribution < 1.29 is 31.9 Å². The number of carbonyl (C=O) groups excluding carboxylic acids is 2. The van der Waals surface area contributed by atoms with E-state index in [2.05, 4.69) is 31.7 Å². The highest BCUT2D eigenvalue weighted by molar-refractivity contribution is 7.12. The topological polar surface area (TPSA) is 91.8 Å². The standard InChI is InChI=1S/C31H36F4N6O3S/c1-4-44-29(43)18-39-8-9-41(20(3)16-39)27-15-36-24(14-37-27)25(42)13-28-38-30(26(45-28)17-40-7-5-6-19(40)2)21-10-22(31(33,34)35)12-23(32)11-21/h10-12,14-15,19-20H,4-9,13,16-18H2,1-3H3/t19-,20-/m1/s1. The largest absolute Gasteiger partial charge is 0.465 e. The van der Waals surface area contributed by atoms with Crippen molar-refractivity contribution in [3.63, 3.8) is 0 Å². The number of hydrogen-bond acceptors (Lipinski definition) is 10. The Labute approximate surface area is 263 Å². The first-order valence-corrected chi connectivity index (χ1v) is 15.8. The van der Waals surface area contributed by atoms with Crippen LogP contribution >= 0.6 is 11.3 Å². The Kier molecular flexibility index (Phi) is 10.1. The first-order chi connectivity index (χ1) is 21.4. The molecule has 0 saturated carbocycles. The molecular formula is C31H36F4N6O3S. The number of nitrogens with zero attached hydrogens (tertiary/aromatic N) is 6. The first-order valence-electron chi connectivity index (χ1n) is 15.0. The summed E-state index contributed by atoms with van der Waals surface area (Å²) in [7, 11) is 0. The van der Waals surface area contributed by atoms with Gasteiger partial charge in [-0.3, -0.25) is 19.4 Å². The van der Waals surface area contributed by atoms with E-state index in [1.165, 1.54) is 17.5 Å². The van der Waals surface area contributed by atoms with Crippen molar-refractivity contribution in [1.29, 1.82) is 0 Å². The molecule has 4 heterocycles. The van der Waals surface area contributed by atoms with Gasteiger partial charge in [0.05, 0.1) is 43.2 Å². The van der Waals surface area contributed by atoms with Crippen LogP contribution in [0.1, 0.15) is 59.5 Å². The molecule has 1 aromatic carbocycles. The van der Waals surface area contributed by atoms with Gasteiger partial charge < -0.3 is 9.64 Å². The van der Waals surface area contributed by atoms with Gasteiger partial charge in [-0.25, -0.2) is 19.3 Å². The molecule has 9 nitrogen and oxygen atoms in total. The van der Waals surface area contributed by atoms with Gasteiger partial charge in [-0.1, -0.05) is 0 Å². The fraction of sp³-hybridized carbons (Fsp3) is 0.516. The minimum Gasteiger partial charge on any atom is -0.465 e. The van der Waals surface area contributed by atoms with Crippen molar-refractivity contribution in [2.75, 3.05) is 44.2 Å². The quantitative estimate of drug-likeness (QED) is 0.166. The Morgan fingerprint density at radius 1 is 1.07 bits per heavy atom. The number of ketones is 1. The molecule has 0 spiro atoms. The van der Waals surface area contributed by atoms with Gasteiger partial charge in [0.2, 0.25) is 0 Å². The summed E-state index contributed by atoms with van der Waals surface area (Å²) < 4.78 is 59.9. The van der Waals surface area contributed by atoms with Crippen LogP contribution in [-0.4, -0.2) is 87.9 Å². The second-order valence-electron chi connectivity index (χ2n) is 11.5. The molecule has 5 rings (SSSR count). The number of halogens is 4. The van der Waals surface area contributed by atoms with Crippen LogP contribution in [0, 0.1) is 5.82 Å². The van der Waals surface area contributed by atoms with Gasteiger partial charge in [0.15, 0.2) is 5.78 Å². The van der Waals surface area contributed by atoms with Gasteiger partial charge in [0.25, 0.3) is 0 Å². The van der Waals surface area contributed by atoms with Crippen molar-refractivity contribution >= 4 is 28.9 Å². The molecule has 0 radical (unpaired) electrons. The molecule has 242 valence electrons. The fourth-order valence-electron chi connectivity index (χ4n) is 5.86. The number of anilines is 1. The zero-order valence-corrected chi connectivity index (χ0v) is 26.3. The van der Waals surface area contributed by atoms with E-state index < -0.39 is 17.6 Å². The molecule has 0 amide bonds. The van der Waals surface area contributed by atoms with Crippen LogP contribution in [-0.2, 0) is 28.7 Å². The molecule has 0 aliphatic carbocycles. The zero-order valence-electron chi connectivity index (χ0n) is 25.4. The van der Waals surface area contributed by atoms with E-state index in [1.54, 1.807) is 13.1 Å². The molecule has 45 heavy (non-hydrogen) atoms. The molecule has 2 fully saturated rings. The lowest BCUT2D eigenvalue weighted by Crippen LogP contribution is -2.53. The smallest absolute Gasteiger partial charge is 0.416 e. The predicted molar refractivity (Wildman–Crippen MR) is 162 cm³/mol. The molecule has 2 aliphatic heterocycles. The maximum absolute atomic E-state index is 14.3. The third-order valence-corrected chi connectivity index (χ3v) is 9.22. The number of aromatic nitrogens is 3. The molecule has 3 aromatic rings. The number of esters is 1. The fourth-order valence-corrected chi connectivity index (χ4v) is 6.97. The summed E-state index contributed by atoms with van der Waals surface area (Å²) in [6.07, 6.45) is 0.145. The first kappa shape index (κ1) is 32.9. The Balaban J connectivity index is 1.31. The SMILES string of the molecule is CCOC(=O)CN1CCN(c2cnc(C(=O)Cc3nc(-c4cc(F)cc(C(F)(F)F)c4)c(CN4CCC[C@H]4C)s3)cn2)[C@H](C)C1. The van der Waals surface area contributed by atoms with E-state index >= 15 is 0 Å². The van der Waals surface area contributed by atoms with Gasteiger partial charge in [0.1, 0.15) is 22.3 Å². The summed E-state index contributed by atoms with van der Waals surface area (Å²) in [4.78, 5) is 45.5. The van der Waals surface area contributed by atoms with Crippen molar-refractivity contribution in [3.8, 4) is 11.3 Å². The van der Waals surface area contributed by atoms with Crippen LogP contribution in [0.15, 0.2) is 30.6 Å². The average Bonchev–Trinajstić information content (AvgIpc) is 3.58. The number of piperazine rings is 1. The lowest BCUT2D eigenvalue weighted by Gasteiger charge is -2.39. The van der Waals surface area contributed by atoms with Crippen LogP contribution in [0.25, 0.3) is 11.3 Å². The summed E-state index contributed by atoms with van der Waals surface area (Å²) in [5.74, 6) is -0.984. The maximum Gasteiger partial charge on any atom is 0.416 e. The highest BCUT2D eigenvalue weighted by Crippen LogP contribution is 2.37. The molecule has 0 unspecified atom stereocenters. The van der Waals surface area contributed by atoms with Crippen LogP contribution in [0.2, 0.25) is 0 Å². The van der Waals surface area contributed by atoms with Crippen LogP contribution in [0.5, 0.6) is 0 Å². The molecule has 2 aliphatic rings. The van der Waals surface area contributed by atoms with E-state index in [-0.39, 0.29) is 47.7 Å². The second-order valence-corrected chi connectivity index (χ2v) is 12.7. The zero-order chi connectivity index (χ0) is 32.3. The number of Topliss-reactive ketones (excluding diaryl/α,β-unsaturated/α-hetero) is 1. The van der Waals surface area contributed by atoms with Crippen molar-refractivity contribution in [2.24, 2.45) is 0 Å². The normalized spacial score (nSPS) is 19.7. The Hall–Kier alpha value is -3.49. The van der Waals surface area contributed by atoms with Crippen LogP contribution < -0.4 is 4.90 Å². The molecule has 0 N–H and O–H groups in total. The molecular weight excluding hydrogens is 612 g/mol. The lowest BCUT2D eigenvalue weighted by molar-refractivity contribution is -0.144. The highest BCUT2D eigenvalue weighted by Gasteiger charge is 2.33. The Morgan fingerprint density at radius 2 is 1.87 bits per heavy atom. The van der Waals surface area contributed by atoms with Crippen molar-refractivity contribution in [3.05, 3.63) is 57.6 Å². The minimum absolute atomic E-state index is 0.0275. The third-order valence-electron chi connectivity index (χ3n) is 8.18. The van der Waals surface area contributed by atoms with Gasteiger partial charge in [-0.2, -0.15) is 13.2 Å². The molecule has 2 aromatic heterocycles. The molecule has 14 heteroatoms. The maximum atomic E-state index is 14.3. The number of hydrogen-bond donors (Lipinski definition) is 0. The number of benzene rings is 1. The Bertz CT molecular complexity index is 1520. The minimum atomic E-state index is -4.71. The van der Waals surface area contributed by atoms with E-state index in [0.717, 1.165) is 31.5 Å². The number of alkyl halides is 3. The predicted octanol–water partition coefficient (Wildman–Crippen LogP) is 5.24. The number of rotatable bonds is 10. The van der Waals surface area contributed by atoms with E-state index in [9.17, 15) is 27.2 Å². The summed E-state index contributed by atoms with van der Waals surface area (Å²) in [6, 6.07) is 2.77. The number of thiazole rings is 1. The van der Waals surface area contributed by atoms with Gasteiger partial charge >= 0.3 is 12.1 Å². The second kappa shape index (κ2) is 13.9. The summed E-state index contributed by atoms with van der Waals surface area (Å²) in [6.45, 7) is 9.65. The Morgan fingerprint density at radius 3 is 2.51 bits per heavy atom. The van der Waals surface area contributed by atoms with Crippen LogP contribution in [0.4, 0.5) is 23.4 Å². The summed E-state index contributed by atoms with van der Waals surface area (Å²) >= 11 is 1.25. The van der Waals surface area contributed by atoms with Crippen LogP contribution in [0.3, 0.4) is 0 Å². The van der Waals surface area contributed by atoms with E-state index in [4.69, 9.17) is 4.74 Å². The number of likely N-dealkylation sites (tertiary alicyclic amines) is 1. The summed E-state index contributed by atoms with van der Waals surface area (Å²) in [5, 5.41) is 0.409. The van der Waals surface area contributed by atoms with Gasteiger partial charge in [-0.05, 0) is 58.4 Å².